The molecule has 0 amide bonds. The topological polar surface area (TPSA) is 68.1 Å². The van der Waals surface area contributed by atoms with E-state index >= 15 is 0 Å². The van der Waals surface area contributed by atoms with Gasteiger partial charge in [0.15, 0.2) is 0 Å². The Hall–Kier alpha value is -1.92. The smallest absolute Gasteiger partial charge is 0.283 e. The molecule has 0 atom stereocenters. The highest BCUT2D eigenvalue weighted by Crippen LogP contribution is 2.33. The Kier molecular flexibility index (Phi) is 4.17. The summed E-state index contributed by atoms with van der Waals surface area (Å²) in [6.07, 6.45) is 4.35. The molecule has 0 unspecified atom stereocenters. The molecule has 1 aromatic heterocycles. The van der Waals surface area contributed by atoms with E-state index in [0.29, 0.717) is 10.9 Å². The van der Waals surface area contributed by atoms with E-state index in [1.54, 1.807) is 18.2 Å². The number of nitrogens with one attached hydrogen (secondary N) is 1. The second-order valence-corrected chi connectivity index (χ2v) is 6.05. The van der Waals surface area contributed by atoms with E-state index in [2.05, 4.69) is 10.3 Å². The molecule has 2 aromatic rings. The summed E-state index contributed by atoms with van der Waals surface area (Å²) in [5, 5.41) is 15.2. The molecule has 0 bridgehead atoms. The molecule has 0 radical (unpaired) electrons. The summed E-state index contributed by atoms with van der Waals surface area (Å²) in [5.41, 5.74) is 1.25. The van der Waals surface area contributed by atoms with Crippen molar-refractivity contribution in [1.29, 1.82) is 0 Å². The number of benzene rings is 1. The van der Waals surface area contributed by atoms with Gasteiger partial charge >= 0.3 is 0 Å². The Labute approximate surface area is 126 Å². The summed E-state index contributed by atoms with van der Waals surface area (Å²) in [7, 11) is 0. The Morgan fingerprint density at radius 3 is 2.76 bits per heavy atom. The lowest BCUT2D eigenvalue weighted by molar-refractivity contribution is -0.387. The quantitative estimate of drug-likeness (QED) is 0.654. The molecule has 1 aromatic carbocycles. The van der Waals surface area contributed by atoms with Crippen molar-refractivity contribution in [3.63, 3.8) is 0 Å². The lowest BCUT2D eigenvalue weighted by Crippen LogP contribution is -2.15. The first-order valence-electron chi connectivity index (χ1n) is 6.82. The fourth-order valence-corrected chi connectivity index (χ4v) is 2.79. The van der Waals surface area contributed by atoms with Crippen LogP contribution in [0.1, 0.15) is 18.4 Å². The second-order valence-electron chi connectivity index (χ2n) is 4.99. The zero-order valence-electron chi connectivity index (χ0n) is 11.4. The van der Waals surface area contributed by atoms with Crippen LogP contribution >= 0.6 is 11.8 Å². The predicted molar refractivity (Wildman–Crippen MR) is 81.3 cm³/mol. The number of hydrogen-bond donors (Lipinski definition) is 1. The Balaban J connectivity index is 1.68. The lowest BCUT2D eigenvalue weighted by Gasteiger charge is -2.05. The Morgan fingerprint density at radius 2 is 2.10 bits per heavy atom. The maximum absolute atomic E-state index is 11.0. The molecular formula is C15H15N3O2S. The van der Waals surface area contributed by atoms with Crippen molar-refractivity contribution < 1.29 is 4.92 Å². The van der Waals surface area contributed by atoms with E-state index in [1.165, 1.54) is 30.7 Å². The average molecular weight is 301 g/mol. The van der Waals surface area contributed by atoms with Gasteiger partial charge in [0, 0.05) is 24.8 Å². The van der Waals surface area contributed by atoms with Crippen LogP contribution in [0, 0.1) is 10.1 Å². The molecule has 0 saturated heterocycles. The zero-order valence-corrected chi connectivity index (χ0v) is 12.2. The standard InChI is InChI=1S/C15H15N3O2S/c19-18(20)13-3-1-2-4-14(13)21-15-8-5-11(10-17-15)9-16-12-6-7-12/h1-5,8,10,12,16H,6-7,9H2. The summed E-state index contributed by atoms with van der Waals surface area (Å²) in [6.45, 7) is 0.827. The fraction of sp³-hybridized carbons (Fsp3) is 0.267. The molecule has 0 aliphatic heterocycles. The van der Waals surface area contributed by atoms with E-state index in [9.17, 15) is 10.1 Å². The fourth-order valence-electron chi connectivity index (χ4n) is 1.93. The number of para-hydroxylation sites is 1. The van der Waals surface area contributed by atoms with Crippen LogP contribution in [0.3, 0.4) is 0 Å². The third kappa shape index (κ3) is 3.80. The number of nitrogens with zero attached hydrogens (tertiary/aromatic N) is 2. The molecule has 108 valence electrons. The van der Waals surface area contributed by atoms with Gasteiger partial charge in [-0.05, 0) is 30.5 Å². The molecule has 1 saturated carbocycles. The normalized spacial score (nSPS) is 14.1. The zero-order chi connectivity index (χ0) is 14.7. The molecule has 1 aliphatic rings. The summed E-state index contributed by atoms with van der Waals surface area (Å²) >= 11 is 1.31. The van der Waals surface area contributed by atoms with Crippen LogP contribution < -0.4 is 5.32 Å². The summed E-state index contributed by atoms with van der Waals surface area (Å²) < 4.78 is 0. The van der Waals surface area contributed by atoms with Gasteiger partial charge in [-0.3, -0.25) is 10.1 Å². The molecule has 6 heteroatoms. The van der Waals surface area contributed by atoms with Crippen molar-refractivity contribution >= 4 is 17.4 Å². The van der Waals surface area contributed by atoms with Crippen LogP contribution in [0.2, 0.25) is 0 Å². The van der Waals surface area contributed by atoms with Gasteiger partial charge in [-0.2, -0.15) is 0 Å². The highest BCUT2D eigenvalue weighted by atomic mass is 32.2. The van der Waals surface area contributed by atoms with Gasteiger partial charge in [0.1, 0.15) is 5.03 Å². The molecule has 3 rings (SSSR count). The maximum Gasteiger partial charge on any atom is 0.283 e. The number of aromatic nitrogens is 1. The van der Waals surface area contributed by atoms with Crippen LogP contribution in [0.25, 0.3) is 0 Å². The van der Waals surface area contributed by atoms with Crippen LogP contribution in [0.4, 0.5) is 5.69 Å². The number of nitro benzene ring substituents is 1. The first-order valence-corrected chi connectivity index (χ1v) is 7.63. The van der Waals surface area contributed by atoms with E-state index in [1.807, 2.05) is 18.3 Å². The van der Waals surface area contributed by atoms with Gasteiger partial charge in [-0.25, -0.2) is 4.98 Å². The van der Waals surface area contributed by atoms with Gasteiger partial charge in [0.25, 0.3) is 5.69 Å². The average Bonchev–Trinajstić information content (AvgIpc) is 3.31. The lowest BCUT2D eigenvalue weighted by atomic mass is 10.3. The minimum atomic E-state index is -0.365. The van der Waals surface area contributed by atoms with Crippen LogP contribution in [-0.4, -0.2) is 15.9 Å². The molecule has 1 aliphatic carbocycles. The van der Waals surface area contributed by atoms with E-state index in [4.69, 9.17) is 0 Å². The second kappa shape index (κ2) is 6.24. The van der Waals surface area contributed by atoms with E-state index in [0.717, 1.165) is 17.1 Å². The first kappa shape index (κ1) is 14.0. The van der Waals surface area contributed by atoms with Gasteiger partial charge < -0.3 is 5.32 Å². The molecular weight excluding hydrogens is 286 g/mol. The predicted octanol–water partition coefficient (Wildman–Crippen LogP) is 3.39. The highest BCUT2D eigenvalue weighted by Gasteiger charge is 2.20. The monoisotopic (exact) mass is 301 g/mol. The molecule has 1 fully saturated rings. The first-order chi connectivity index (χ1) is 10.2. The summed E-state index contributed by atoms with van der Waals surface area (Å²) in [5.74, 6) is 0. The van der Waals surface area contributed by atoms with E-state index in [-0.39, 0.29) is 10.6 Å². The molecule has 1 heterocycles. The minimum Gasteiger partial charge on any atom is -0.310 e. The van der Waals surface area contributed by atoms with Gasteiger partial charge in [-0.1, -0.05) is 30.0 Å². The van der Waals surface area contributed by atoms with Crippen LogP contribution in [0.15, 0.2) is 52.5 Å². The Bertz CT molecular complexity index is 642. The number of nitro groups is 1. The highest BCUT2D eigenvalue weighted by molar-refractivity contribution is 7.99. The number of hydrogen-bond acceptors (Lipinski definition) is 5. The van der Waals surface area contributed by atoms with Crippen molar-refractivity contribution in [1.82, 2.24) is 10.3 Å². The molecule has 21 heavy (non-hydrogen) atoms. The van der Waals surface area contributed by atoms with Crippen molar-refractivity contribution in [2.24, 2.45) is 0 Å². The third-order valence-corrected chi connectivity index (χ3v) is 4.26. The molecule has 1 N–H and O–H groups in total. The van der Waals surface area contributed by atoms with Crippen molar-refractivity contribution in [3.8, 4) is 0 Å². The van der Waals surface area contributed by atoms with Crippen LogP contribution in [-0.2, 0) is 6.54 Å². The third-order valence-electron chi connectivity index (χ3n) is 3.25. The van der Waals surface area contributed by atoms with Crippen molar-refractivity contribution in [2.45, 2.75) is 35.3 Å². The largest absolute Gasteiger partial charge is 0.310 e. The van der Waals surface area contributed by atoms with Crippen molar-refractivity contribution in [2.75, 3.05) is 0 Å². The number of rotatable bonds is 6. The SMILES string of the molecule is O=[N+]([O-])c1ccccc1Sc1ccc(CNC2CC2)cn1. The van der Waals surface area contributed by atoms with E-state index < -0.39 is 0 Å². The van der Waals surface area contributed by atoms with Gasteiger partial charge in [0.05, 0.1) is 9.82 Å². The summed E-state index contributed by atoms with van der Waals surface area (Å²) in [4.78, 5) is 15.6. The molecule has 5 nitrogen and oxygen atoms in total. The summed E-state index contributed by atoms with van der Waals surface area (Å²) in [6, 6.07) is 11.3. The molecule has 0 spiro atoms. The van der Waals surface area contributed by atoms with Crippen molar-refractivity contribution in [3.05, 3.63) is 58.3 Å². The van der Waals surface area contributed by atoms with Gasteiger partial charge in [0.2, 0.25) is 0 Å². The minimum absolute atomic E-state index is 0.115. The maximum atomic E-state index is 11.0. The number of pyridine rings is 1. The Morgan fingerprint density at radius 1 is 1.29 bits per heavy atom. The van der Waals surface area contributed by atoms with Gasteiger partial charge in [-0.15, -0.1) is 0 Å². The van der Waals surface area contributed by atoms with Crippen LogP contribution in [0.5, 0.6) is 0 Å².